The van der Waals surface area contributed by atoms with Crippen LogP contribution >= 0.6 is 0 Å². The highest BCUT2D eigenvalue weighted by Crippen LogP contribution is 2.27. The zero-order chi connectivity index (χ0) is 15.0. The molecule has 1 aliphatic rings. The average molecular weight is 281 g/mol. The van der Waals surface area contributed by atoms with E-state index in [1.165, 1.54) is 35.7 Å². The summed E-state index contributed by atoms with van der Waals surface area (Å²) in [5.41, 5.74) is 7.23. The van der Waals surface area contributed by atoms with Gasteiger partial charge in [-0.15, -0.1) is 0 Å². The second-order valence-corrected chi connectivity index (χ2v) is 5.64. The van der Waals surface area contributed by atoms with Crippen molar-refractivity contribution < 1.29 is 9.90 Å². The van der Waals surface area contributed by atoms with Gasteiger partial charge in [0.25, 0.3) is 0 Å². The number of rotatable bonds is 3. The Kier molecular flexibility index (Phi) is 3.42. The third-order valence-electron chi connectivity index (χ3n) is 4.22. The van der Waals surface area contributed by atoms with Crippen molar-refractivity contribution in [3.63, 3.8) is 0 Å². The van der Waals surface area contributed by atoms with Crippen molar-refractivity contribution in [1.29, 1.82) is 0 Å². The number of aromatic nitrogens is 1. The zero-order valence-corrected chi connectivity index (χ0v) is 12.4. The highest BCUT2D eigenvalue weighted by Gasteiger charge is 2.14. The fourth-order valence-electron chi connectivity index (χ4n) is 3.21. The number of nitrogens with zero attached hydrogens (tertiary/aromatic N) is 1. The number of carboxylic acid groups (broad SMARTS) is 1. The molecule has 1 heterocycles. The molecule has 0 spiro atoms. The number of aliphatic carboxylic acids is 1. The van der Waals surface area contributed by atoms with Crippen LogP contribution in [0.3, 0.4) is 0 Å². The van der Waals surface area contributed by atoms with Crippen LogP contribution in [0.15, 0.2) is 30.3 Å². The lowest BCUT2D eigenvalue weighted by Gasteiger charge is -2.11. The van der Waals surface area contributed by atoms with E-state index in [0.29, 0.717) is 0 Å². The third-order valence-corrected chi connectivity index (χ3v) is 4.22. The first-order valence-corrected chi connectivity index (χ1v) is 7.28. The number of benzene rings is 1. The van der Waals surface area contributed by atoms with Gasteiger partial charge in [-0.1, -0.05) is 6.07 Å². The van der Waals surface area contributed by atoms with Crippen LogP contribution in [-0.4, -0.2) is 15.6 Å². The molecule has 0 aliphatic heterocycles. The van der Waals surface area contributed by atoms with Crippen LogP contribution in [0, 0.1) is 13.8 Å². The molecule has 0 atom stereocenters. The van der Waals surface area contributed by atoms with Gasteiger partial charge in [-0.05, 0) is 74.1 Å². The van der Waals surface area contributed by atoms with Crippen LogP contribution in [0.25, 0.3) is 11.8 Å². The van der Waals surface area contributed by atoms with Crippen molar-refractivity contribution in [3.8, 4) is 5.69 Å². The fourth-order valence-corrected chi connectivity index (χ4v) is 3.21. The van der Waals surface area contributed by atoms with E-state index >= 15 is 0 Å². The number of hydrogen-bond acceptors (Lipinski definition) is 1. The molecule has 3 nitrogen and oxygen atoms in total. The molecule has 2 aromatic rings. The van der Waals surface area contributed by atoms with E-state index in [-0.39, 0.29) is 0 Å². The van der Waals surface area contributed by atoms with Crippen molar-refractivity contribution in [3.05, 3.63) is 58.4 Å². The molecular formula is C18H19NO2. The van der Waals surface area contributed by atoms with E-state index in [1.54, 1.807) is 6.08 Å². The Morgan fingerprint density at radius 1 is 1.19 bits per heavy atom. The summed E-state index contributed by atoms with van der Waals surface area (Å²) >= 11 is 0. The normalized spacial score (nSPS) is 13.8. The summed E-state index contributed by atoms with van der Waals surface area (Å²) in [5, 5.41) is 8.77. The number of fused-ring (bicyclic) bond motifs is 1. The maximum Gasteiger partial charge on any atom is 0.328 e. The molecule has 1 N–H and O–H groups in total. The summed E-state index contributed by atoms with van der Waals surface area (Å²) in [4.78, 5) is 10.7. The first-order chi connectivity index (χ1) is 10.1. The first kappa shape index (κ1) is 13.7. The van der Waals surface area contributed by atoms with Gasteiger partial charge in [0.15, 0.2) is 0 Å². The minimum absolute atomic E-state index is 0.919. The zero-order valence-electron chi connectivity index (χ0n) is 12.4. The lowest BCUT2D eigenvalue weighted by atomic mass is 10.1. The van der Waals surface area contributed by atoms with Gasteiger partial charge in [-0.3, -0.25) is 0 Å². The highest BCUT2D eigenvalue weighted by atomic mass is 16.4. The SMILES string of the molecule is Cc1cc(C=CC(=O)O)c(C)n1-c1ccc2c(c1)CCC2. The number of carboxylic acids is 1. The van der Waals surface area contributed by atoms with Crippen molar-refractivity contribution >= 4 is 12.0 Å². The van der Waals surface area contributed by atoms with Gasteiger partial charge >= 0.3 is 5.97 Å². The van der Waals surface area contributed by atoms with E-state index in [2.05, 4.69) is 29.7 Å². The van der Waals surface area contributed by atoms with Gasteiger partial charge in [0, 0.05) is 23.2 Å². The maximum atomic E-state index is 10.7. The maximum absolute atomic E-state index is 10.7. The predicted octanol–water partition coefficient (Wildman–Crippen LogP) is 3.68. The lowest BCUT2D eigenvalue weighted by molar-refractivity contribution is -0.131. The monoisotopic (exact) mass is 281 g/mol. The van der Waals surface area contributed by atoms with E-state index in [0.717, 1.165) is 23.4 Å². The Labute approximate surface area is 124 Å². The Morgan fingerprint density at radius 2 is 1.95 bits per heavy atom. The summed E-state index contributed by atoms with van der Waals surface area (Å²) in [6, 6.07) is 8.69. The van der Waals surface area contributed by atoms with E-state index in [1.807, 2.05) is 13.0 Å². The van der Waals surface area contributed by atoms with E-state index in [4.69, 9.17) is 5.11 Å². The molecule has 0 bridgehead atoms. The van der Waals surface area contributed by atoms with Gasteiger partial charge in [0.05, 0.1) is 0 Å². The lowest BCUT2D eigenvalue weighted by Crippen LogP contribution is -2.00. The molecule has 1 aromatic carbocycles. The molecule has 0 saturated heterocycles. The van der Waals surface area contributed by atoms with Crippen molar-refractivity contribution in [2.24, 2.45) is 0 Å². The molecule has 1 aliphatic carbocycles. The van der Waals surface area contributed by atoms with Gasteiger partial charge in [0.2, 0.25) is 0 Å². The summed E-state index contributed by atoms with van der Waals surface area (Å²) in [7, 11) is 0. The second-order valence-electron chi connectivity index (χ2n) is 5.64. The molecule has 3 rings (SSSR count). The van der Waals surface area contributed by atoms with Crippen LogP contribution in [-0.2, 0) is 17.6 Å². The first-order valence-electron chi connectivity index (χ1n) is 7.28. The van der Waals surface area contributed by atoms with Crippen molar-refractivity contribution in [2.45, 2.75) is 33.1 Å². The van der Waals surface area contributed by atoms with Crippen molar-refractivity contribution in [2.75, 3.05) is 0 Å². The minimum Gasteiger partial charge on any atom is -0.478 e. The molecule has 0 saturated carbocycles. The summed E-state index contributed by atoms with van der Waals surface area (Å²) in [6.07, 6.45) is 6.44. The Hall–Kier alpha value is -2.29. The molecule has 108 valence electrons. The highest BCUT2D eigenvalue weighted by molar-refractivity contribution is 5.85. The summed E-state index contributed by atoms with van der Waals surface area (Å²) in [5.74, 6) is -0.919. The molecular weight excluding hydrogens is 262 g/mol. The molecule has 21 heavy (non-hydrogen) atoms. The Balaban J connectivity index is 2.04. The quantitative estimate of drug-likeness (QED) is 0.872. The standard InChI is InChI=1S/C18H19NO2/c1-12-10-15(7-9-18(20)21)13(2)19(12)17-8-6-14-4-3-5-16(14)11-17/h6-11H,3-5H2,1-2H3,(H,20,21). The van der Waals surface area contributed by atoms with Crippen LogP contribution in [0.2, 0.25) is 0 Å². The fraction of sp³-hybridized carbons (Fsp3) is 0.278. The van der Waals surface area contributed by atoms with Crippen LogP contribution in [0.4, 0.5) is 0 Å². The van der Waals surface area contributed by atoms with Crippen LogP contribution in [0.5, 0.6) is 0 Å². The van der Waals surface area contributed by atoms with E-state index in [9.17, 15) is 4.79 Å². The molecule has 0 amide bonds. The predicted molar refractivity (Wildman–Crippen MR) is 83.9 cm³/mol. The summed E-state index contributed by atoms with van der Waals surface area (Å²) in [6.45, 7) is 4.08. The number of hydrogen-bond donors (Lipinski definition) is 1. The minimum atomic E-state index is -0.919. The Bertz CT molecular complexity index is 738. The third kappa shape index (κ3) is 2.51. The largest absolute Gasteiger partial charge is 0.478 e. The average Bonchev–Trinajstić information content (AvgIpc) is 3.00. The molecule has 0 radical (unpaired) electrons. The summed E-state index contributed by atoms with van der Waals surface area (Å²) < 4.78 is 2.19. The van der Waals surface area contributed by atoms with Gasteiger partial charge in [-0.2, -0.15) is 0 Å². The van der Waals surface area contributed by atoms with Gasteiger partial charge < -0.3 is 9.67 Å². The van der Waals surface area contributed by atoms with Gasteiger partial charge in [-0.25, -0.2) is 4.79 Å². The Morgan fingerprint density at radius 3 is 2.71 bits per heavy atom. The topological polar surface area (TPSA) is 42.2 Å². The van der Waals surface area contributed by atoms with E-state index < -0.39 is 5.97 Å². The molecule has 0 unspecified atom stereocenters. The number of carbonyl (C=O) groups is 1. The van der Waals surface area contributed by atoms with Crippen LogP contribution in [0.1, 0.15) is 34.5 Å². The molecule has 3 heteroatoms. The smallest absolute Gasteiger partial charge is 0.328 e. The van der Waals surface area contributed by atoms with Gasteiger partial charge in [0.1, 0.15) is 0 Å². The number of aryl methyl sites for hydroxylation is 3. The molecule has 0 fully saturated rings. The second kappa shape index (κ2) is 5.24. The van der Waals surface area contributed by atoms with Crippen molar-refractivity contribution in [1.82, 2.24) is 4.57 Å². The molecule has 1 aromatic heterocycles. The van der Waals surface area contributed by atoms with Crippen LogP contribution < -0.4 is 0 Å².